The van der Waals surface area contributed by atoms with Crippen molar-refractivity contribution in [1.82, 2.24) is 15.6 Å². The Hall–Kier alpha value is -1.83. The molecule has 0 aliphatic rings. The standard InChI is InChI=1S/C12H21N5O2S/c1-5-17(6-2)12-16-9(13)8(20-12)11(19)15-7(3)10(18)14-4/h7H,5-6,13H2,1-4H3,(H,14,18)(H,15,19). The normalized spacial score (nSPS) is 11.8. The molecule has 112 valence electrons. The minimum absolute atomic E-state index is 0.193. The maximum atomic E-state index is 12.1. The maximum absolute atomic E-state index is 12.1. The summed E-state index contributed by atoms with van der Waals surface area (Å²) < 4.78 is 0. The first-order valence-corrected chi connectivity index (χ1v) is 7.29. The van der Waals surface area contributed by atoms with Crippen LogP contribution in [-0.4, -0.2) is 43.0 Å². The van der Waals surface area contributed by atoms with Crippen molar-refractivity contribution < 1.29 is 9.59 Å². The van der Waals surface area contributed by atoms with E-state index in [4.69, 9.17) is 5.73 Å². The van der Waals surface area contributed by atoms with Gasteiger partial charge < -0.3 is 21.3 Å². The Bertz CT molecular complexity index is 484. The molecule has 1 aromatic rings. The summed E-state index contributed by atoms with van der Waals surface area (Å²) in [6.07, 6.45) is 0. The van der Waals surface area contributed by atoms with Gasteiger partial charge in [0.1, 0.15) is 16.7 Å². The third kappa shape index (κ3) is 3.60. The van der Waals surface area contributed by atoms with Crippen LogP contribution in [-0.2, 0) is 4.79 Å². The van der Waals surface area contributed by atoms with E-state index in [1.165, 1.54) is 18.4 Å². The van der Waals surface area contributed by atoms with Crippen molar-refractivity contribution in [2.24, 2.45) is 0 Å². The van der Waals surface area contributed by atoms with Gasteiger partial charge in [-0.2, -0.15) is 0 Å². The molecule has 1 aromatic heterocycles. The Morgan fingerprint density at radius 1 is 1.40 bits per heavy atom. The molecule has 1 unspecified atom stereocenters. The lowest BCUT2D eigenvalue weighted by atomic mass is 10.3. The van der Waals surface area contributed by atoms with Crippen LogP contribution in [0.15, 0.2) is 0 Å². The van der Waals surface area contributed by atoms with Gasteiger partial charge in [0.25, 0.3) is 5.91 Å². The number of nitrogen functional groups attached to an aromatic ring is 1. The summed E-state index contributed by atoms with van der Waals surface area (Å²) in [5.74, 6) is -0.446. The molecule has 0 aliphatic heterocycles. The quantitative estimate of drug-likeness (QED) is 0.707. The van der Waals surface area contributed by atoms with Gasteiger partial charge in [0.2, 0.25) is 5.91 Å². The van der Waals surface area contributed by atoms with Crippen LogP contribution in [0, 0.1) is 0 Å². The molecule has 7 nitrogen and oxygen atoms in total. The predicted octanol–water partition coefficient (Wildman–Crippen LogP) is 0.436. The van der Waals surface area contributed by atoms with Crippen molar-refractivity contribution in [3.05, 3.63) is 4.88 Å². The van der Waals surface area contributed by atoms with Crippen LogP contribution >= 0.6 is 11.3 Å². The number of rotatable bonds is 6. The highest BCUT2D eigenvalue weighted by molar-refractivity contribution is 7.18. The summed E-state index contributed by atoms with van der Waals surface area (Å²) in [6.45, 7) is 7.21. The van der Waals surface area contributed by atoms with E-state index in [2.05, 4.69) is 15.6 Å². The number of hydrogen-bond acceptors (Lipinski definition) is 6. The smallest absolute Gasteiger partial charge is 0.265 e. The van der Waals surface area contributed by atoms with Crippen LogP contribution < -0.4 is 21.3 Å². The van der Waals surface area contributed by atoms with Crippen LogP contribution in [0.3, 0.4) is 0 Å². The van der Waals surface area contributed by atoms with Crippen LogP contribution in [0.5, 0.6) is 0 Å². The zero-order valence-corrected chi connectivity index (χ0v) is 13.0. The Morgan fingerprint density at radius 3 is 2.50 bits per heavy atom. The summed E-state index contributed by atoms with van der Waals surface area (Å²) in [5, 5.41) is 5.78. The van der Waals surface area contributed by atoms with E-state index in [-0.39, 0.29) is 17.6 Å². The van der Waals surface area contributed by atoms with Crippen molar-refractivity contribution in [2.45, 2.75) is 26.8 Å². The number of anilines is 2. The molecule has 1 atom stereocenters. The fraction of sp³-hybridized carbons (Fsp3) is 0.583. The Balaban J connectivity index is 2.86. The van der Waals surface area contributed by atoms with Crippen molar-refractivity contribution in [3.8, 4) is 0 Å². The second kappa shape index (κ2) is 7.09. The first kappa shape index (κ1) is 16.2. The van der Waals surface area contributed by atoms with Gasteiger partial charge >= 0.3 is 0 Å². The van der Waals surface area contributed by atoms with Gasteiger partial charge in [-0.1, -0.05) is 11.3 Å². The van der Waals surface area contributed by atoms with Crippen LogP contribution in [0.1, 0.15) is 30.4 Å². The van der Waals surface area contributed by atoms with E-state index in [1.54, 1.807) is 6.92 Å². The lowest BCUT2D eigenvalue weighted by Crippen LogP contribution is -2.43. The molecule has 0 radical (unpaired) electrons. The first-order chi connectivity index (χ1) is 9.44. The summed E-state index contributed by atoms with van der Waals surface area (Å²) >= 11 is 1.23. The van der Waals surface area contributed by atoms with Gasteiger partial charge in [0.05, 0.1) is 0 Å². The number of nitrogens with one attached hydrogen (secondary N) is 2. The molecule has 0 aliphatic carbocycles. The van der Waals surface area contributed by atoms with Crippen LogP contribution in [0.25, 0.3) is 0 Å². The number of carbonyl (C=O) groups is 2. The summed E-state index contributed by atoms with van der Waals surface area (Å²) in [7, 11) is 1.52. The highest BCUT2D eigenvalue weighted by Gasteiger charge is 2.21. The van der Waals surface area contributed by atoms with Gasteiger partial charge in [-0.15, -0.1) is 0 Å². The molecule has 1 rings (SSSR count). The molecule has 0 fully saturated rings. The number of carbonyl (C=O) groups excluding carboxylic acids is 2. The van der Waals surface area contributed by atoms with Crippen LogP contribution in [0.4, 0.5) is 10.9 Å². The van der Waals surface area contributed by atoms with E-state index in [0.717, 1.165) is 13.1 Å². The highest BCUT2D eigenvalue weighted by Crippen LogP contribution is 2.27. The Labute approximate surface area is 122 Å². The molecule has 0 spiro atoms. The average Bonchev–Trinajstić information content (AvgIpc) is 2.81. The number of likely N-dealkylation sites (N-methyl/N-ethyl adjacent to an activating group) is 1. The number of hydrogen-bond donors (Lipinski definition) is 3. The minimum atomic E-state index is -0.620. The number of aromatic nitrogens is 1. The van der Waals surface area contributed by atoms with Crippen molar-refractivity contribution >= 4 is 34.1 Å². The summed E-state index contributed by atoms with van der Waals surface area (Å²) in [4.78, 5) is 30.0. The van der Waals surface area contributed by atoms with E-state index < -0.39 is 6.04 Å². The zero-order chi connectivity index (χ0) is 15.3. The average molecular weight is 299 g/mol. The molecule has 0 aromatic carbocycles. The van der Waals surface area contributed by atoms with E-state index in [0.29, 0.717) is 10.0 Å². The number of thiazole rings is 1. The lowest BCUT2D eigenvalue weighted by Gasteiger charge is -2.16. The second-order valence-corrected chi connectivity index (χ2v) is 5.17. The van der Waals surface area contributed by atoms with E-state index in [1.807, 2.05) is 18.7 Å². The molecule has 0 saturated heterocycles. The number of nitrogens with two attached hydrogens (primary N) is 1. The third-order valence-corrected chi connectivity index (χ3v) is 4.00. The van der Waals surface area contributed by atoms with Crippen LogP contribution in [0.2, 0.25) is 0 Å². The van der Waals surface area contributed by atoms with Gasteiger partial charge in [-0.05, 0) is 20.8 Å². The maximum Gasteiger partial charge on any atom is 0.265 e. The molecule has 2 amide bonds. The molecule has 4 N–H and O–H groups in total. The summed E-state index contributed by atoms with van der Waals surface area (Å²) in [6, 6.07) is -0.620. The molecular formula is C12H21N5O2S. The molecular weight excluding hydrogens is 278 g/mol. The molecule has 0 saturated carbocycles. The van der Waals surface area contributed by atoms with Crippen molar-refractivity contribution in [1.29, 1.82) is 0 Å². The molecule has 20 heavy (non-hydrogen) atoms. The third-order valence-electron chi connectivity index (χ3n) is 2.87. The first-order valence-electron chi connectivity index (χ1n) is 6.48. The second-order valence-electron chi connectivity index (χ2n) is 4.19. The molecule has 0 bridgehead atoms. The van der Waals surface area contributed by atoms with Gasteiger partial charge in [-0.25, -0.2) is 4.98 Å². The number of amides is 2. The predicted molar refractivity (Wildman–Crippen MR) is 81.1 cm³/mol. The topological polar surface area (TPSA) is 100 Å². The fourth-order valence-corrected chi connectivity index (χ4v) is 2.67. The Morgan fingerprint density at radius 2 is 2.00 bits per heavy atom. The van der Waals surface area contributed by atoms with E-state index >= 15 is 0 Å². The van der Waals surface area contributed by atoms with Gasteiger partial charge in [0.15, 0.2) is 5.13 Å². The molecule has 1 heterocycles. The van der Waals surface area contributed by atoms with E-state index in [9.17, 15) is 9.59 Å². The largest absolute Gasteiger partial charge is 0.382 e. The summed E-state index contributed by atoms with van der Waals surface area (Å²) in [5.41, 5.74) is 5.79. The number of nitrogens with zero attached hydrogens (tertiary/aromatic N) is 2. The van der Waals surface area contributed by atoms with Gasteiger partial charge in [0, 0.05) is 20.1 Å². The zero-order valence-electron chi connectivity index (χ0n) is 12.2. The highest BCUT2D eigenvalue weighted by atomic mass is 32.1. The minimum Gasteiger partial charge on any atom is -0.382 e. The monoisotopic (exact) mass is 299 g/mol. The lowest BCUT2D eigenvalue weighted by molar-refractivity contribution is -0.122. The Kier molecular flexibility index (Phi) is 5.75. The van der Waals surface area contributed by atoms with Crippen molar-refractivity contribution in [2.75, 3.05) is 30.8 Å². The fourth-order valence-electron chi connectivity index (χ4n) is 1.66. The van der Waals surface area contributed by atoms with Crippen molar-refractivity contribution in [3.63, 3.8) is 0 Å². The molecule has 8 heteroatoms. The SMILES string of the molecule is CCN(CC)c1nc(N)c(C(=O)NC(C)C(=O)NC)s1. The van der Waals surface area contributed by atoms with Gasteiger partial charge in [-0.3, -0.25) is 9.59 Å².